The number of nitrogens with one attached hydrogen (secondary N) is 2. The van der Waals surface area contributed by atoms with Gasteiger partial charge in [-0.2, -0.15) is 0 Å². The van der Waals surface area contributed by atoms with Crippen LogP contribution < -0.4 is 10.6 Å². The van der Waals surface area contributed by atoms with E-state index in [0.29, 0.717) is 12.0 Å². The number of rotatable bonds is 7. The zero-order chi connectivity index (χ0) is 13.5. The van der Waals surface area contributed by atoms with Gasteiger partial charge in [-0.25, -0.2) is 4.98 Å². The molecule has 2 heterocycles. The molecule has 0 saturated carbocycles. The molecule has 1 fully saturated rings. The Hall–Kier alpha value is -1.29. The van der Waals surface area contributed by atoms with Crippen LogP contribution in [0.25, 0.3) is 0 Å². The summed E-state index contributed by atoms with van der Waals surface area (Å²) in [6, 6.07) is 4.10. The molecule has 2 N–H and O–H groups in total. The first-order valence-corrected chi connectivity index (χ1v) is 7.38. The van der Waals surface area contributed by atoms with E-state index in [1.54, 1.807) is 0 Å². The van der Waals surface area contributed by atoms with E-state index in [-0.39, 0.29) is 0 Å². The second-order valence-electron chi connectivity index (χ2n) is 5.10. The maximum absolute atomic E-state index is 5.72. The zero-order valence-electron chi connectivity index (χ0n) is 12.0. The van der Waals surface area contributed by atoms with Crippen molar-refractivity contribution in [2.45, 2.75) is 39.2 Å². The summed E-state index contributed by atoms with van der Waals surface area (Å²) in [5.74, 6) is 1.58. The van der Waals surface area contributed by atoms with E-state index in [0.717, 1.165) is 50.5 Å². The molecule has 19 heavy (non-hydrogen) atoms. The summed E-state index contributed by atoms with van der Waals surface area (Å²) in [5, 5.41) is 6.81. The van der Waals surface area contributed by atoms with Crippen molar-refractivity contribution in [2.24, 2.45) is 5.92 Å². The number of pyridine rings is 1. The monoisotopic (exact) mass is 263 g/mol. The third-order valence-corrected chi connectivity index (χ3v) is 3.63. The number of anilines is 2. The normalized spacial score (nSPS) is 22.4. The molecule has 0 spiro atoms. The molecular weight excluding hydrogens is 238 g/mol. The van der Waals surface area contributed by atoms with Gasteiger partial charge in [0, 0.05) is 43.6 Å². The van der Waals surface area contributed by atoms with Crippen molar-refractivity contribution >= 4 is 11.5 Å². The maximum Gasteiger partial charge on any atom is 0.127 e. The lowest BCUT2D eigenvalue weighted by molar-refractivity contribution is 0.0900. The van der Waals surface area contributed by atoms with Crippen molar-refractivity contribution in [3.63, 3.8) is 0 Å². The molecule has 0 amide bonds. The summed E-state index contributed by atoms with van der Waals surface area (Å²) in [7, 11) is 0. The van der Waals surface area contributed by atoms with Gasteiger partial charge in [0.05, 0.1) is 6.10 Å². The highest BCUT2D eigenvalue weighted by atomic mass is 16.5. The molecule has 1 saturated heterocycles. The molecule has 2 unspecified atom stereocenters. The van der Waals surface area contributed by atoms with E-state index in [4.69, 9.17) is 4.74 Å². The average molecular weight is 263 g/mol. The summed E-state index contributed by atoms with van der Waals surface area (Å²) >= 11 is 0. The van der Waals surface area contributed by atoms with Crippen molar-refractivity contribution < 1.29 is 4.74 Å². The topological polar surface area (TPSA) is 46.2 Å². The lowest BCUT2D eigenvalue weighted by atomic mass is 9.99. The minimum Gasteiger partial charge on any atom is -0.385 e. The molecule has 0 aliphatic carbocycles. The highest BCUT2D eigenvalue weighted by molar-refractivity contribution is 5.51. The number of nitrogens with zero attached hydrogens (tertiary/aromatic N) is 1. The Bertz CT molecular complexity index is 383. The first kappa shape index (κ1) is 14.1. The van der Waals surface area contributed by atoms with E-state index in [9.17, 15) is 0 Å². The molecule has 0 bridgehead atoms. The summed E-state index contributed by atoms with van der Waals surface area (Å²) in [5.41, 5.74) is 1.13. The molecule has 1 aliphatic heterocycles. The van der Waals surface area contributed by atoms with Gasteiger partial charge in [-0.3, -0.25) is 0 Å². The van der Waals surface area contributed by atoms with Gasteiger partial charge in [0.25, 0.3) is 0 Å². The molecule has 0 aromatic carbocycles. The van der Waals surface area contributed by atoms with Crippen LogP contribution in [0.1, 0.15) is 33.1 Å². The van der Waals surface area contributed by atoms with E-state index in [2.05, 4.69) is 35.5 Å². The van der Waals surface area contributed by atoms with Crippen LogP contribution in [-0.2, 0) is 4.74 Å². The van der Waals surface area contributed by atoms with Crippen molar-refractivity contribution in [2.75, 3.05) is 30.3 Å². The summed E-state index contributed by atoms with van der Waals surface area (Å²) in [6.07, 6.45) is 5.65. The van der Waals surface area contributed by atoms with Crippen molar-refractivity contribution in [1.82, 2.24) is 4.98 Å². The van der Waals surface area contributed by atoms with Crippen LogP contribution in [-0.4, -0.2) is 30.8 Å². The van der Waals surface area contributed by atoms with Crippen LogP contribution in [0.3, 0.4) is 0 Å². The number of hydrogen-bond acceptors (Lipinski definition) is 4. The van der Waals surface area contributed by atoms with Crippen LogP contribution in [0, 0.1) is 5.92 Å². The van der Waals surface area contributed by atoms with Crippen LogP contribution in [0.5, 0.6) is 0 Å². The molecule has 1 aliphatic rings. The Morgan fingerprint density at radius 3 is 3.05 bits per heavy atom. The maximum atomic E-state index is 5.72. The van der Waals surface area contributed by atoms with Gasteiger partial charge in [0.2, 0.25) is 0 Å². The van der Waals surface area contributed by atoms with Crippen molar-refractivity contribution in [3.05, 3.63) is 18.3 Å². The highest BCUT2D eigenvalue weighted by Gasteiger charge is 2.26. The molecule has 4 heteroatoms. The van der Waals surface area contributed by atoms with E-state index >= 15 is 0 Å². The van der Waals surface area contributed by atoms with Crippen molar-refractivity contribution in [3.8, 4) is 0 Å². The van der Waals surface area contributed by atoms with Gasteiger partial charge >= 0.3 is 0 Å². The van der Waals surface area contributed by atoms with Gasteiger partial charge in [0.1, 0.15) is 5.82 Å². The fourth-order valence-corrected chi connectivity index (χ4v) is 2.52. The Kier molecular flexibility index (Phi) is 5.45. The molecule has 4 nitrogen and oxygen atoms in total. The minimum absolute atomic E-state index is 0.423. The predicted molar refractivity (Wildman–Crippen MR) is 79.6 cm³/mol. The van der Waals surface area contributed by atoms with Crippen LogP contribution >= 0.6 is 0 Å². The first-order chi connectivity index (χ1) is 9.33. The van der Waals surface area contributed by atoms with Gasteiger partial charge < -0.3 is 15.4 Å². The van der Waals surface area contributed by atoms with Crippen LogP contribution in [0.15, 0.2) is 18.3 Å². The Morgan fingerprint density at radius 2 is 2.26 bits per heavy atom. The fraction of sp³-hybridized carbons (Fsp3) is 0.667. The number of hydrogen-bond donors (Lipinski definition) is 2. The van der Waals surface area contributed by atoms with Crippen LogP contribution in [0.2, 0.25) is 0 Å². The lowest BCUT2D eigenvalue weighted by Crippen LogP contribution is -2.22. The van der Waals surface area contributed by atoms with Gasteiger partial charge in [-0.05, 0) is 25.3 Å². The van der Waals surface area contributed by atoms with E-state index in [1.165, 1.54) is 0 Å². The first-order valence-electron chi connectivity index (χ1n) is 7.38. The lowest BCUT2D eigenvalue weighted by Gasteiger charge is -2.18. The molecule has 0 radical (unpaired) electrons. The smallest absolute Gasteiger partial charge is 0.127 e. The van der Waals surface area contributed by atoms with Gasteiger partial charge in [0.15, 0.2) is 0 Å². The third-order valence-electron chi connectivity index (χ3n) is 3.63. The molecular formula is C15H25N3O. The second-order valence-corrected chi connectivity index (χ2v) is 5.10. The summed E-state index contributed by atoms with van der Waals surface area (Å²) < 4.78 is 5.72. The number of ether oxygens (including phenoxy) is 1. The quantitative estimate of drug-likeness (QED) is 0.793. The van der Waals surface area contributed by atoms with Gasteiger partial charge in [-0.15, -0.1) is 0 Å². The molecule has 1 aromatic heterocycles. The average Bonchev–Trinajstić information content (AvgIpc) is 2.91. The SMILES string of the molecule is CCCNc1cc(NCC2CCOC2CC)ccn1. The summed E-state index contributed by atoms with van der Waals surface area (Å²) in [6.45, 7) is 7.20. The minimum atomic E-state index is 0.423. The molecule has 2 rings (SSSR count). The van der Waals surface area contributed by atoms with E-state index in [1.807, 2.05) is 12.3 Å². The Morgan fingerprint density at radius 1 is 1.37 bits per heavy atom. The molecule has 106 valence electrons. The molecule has 1 aromatic rings. The second kappa shape index (κ2) is 7.34. The fourth-order valence-electron chi connectivity index (χ4n) is 2.52. The zero-order valence-corrected chi connectivity index (χ0v) is 12.0. The van der Waals surface area contributed by atoms with Crippen LogP contribution in [0.4, 0.5) is 11.5 Å². The van der Waals surface area contributed by atoms with E-state index < -0.39 is 0 Å². The van der Waals surface area contributed by atoms with Crippen molar-refractivity contribution in [1.29, 1.82) is 0 Å². The Balaban J connectivity index is 1.85. The standard InChI is InChI=1S/C15H25N3O/c1-3-7-16-15-10-13(5-8-17-15)18-11-12-6-9-19-14(12)4-2/h5,8,10,12,14H,3-4,6-7,9,11H2,1-2H3,(H2,16,17,18). The third kappa shape index (κ3) is 4.10. The predicted octanol–water partition coefficient (Wildman–Crippen LogP) is 3.13. The number of aromatic nitrogens is 1. The molecule has 2 atom stereocenters. The largest absolute Gasteiger partial charge is 0.385 e. The van der Waals surface area contributed by atoms with Gasteiger partial charge in [-0.1, -0.05) is 13.8 Å². The Labute approximate surface area is 116 Å². The summed E-state index contributed by atoms with van der Waals surface area (Å²) in [4.78, 5) is 4.31. The highest BCUT2D eigenvalue weighted by Crippen LogP contribution is 2.24.